The van der Waals surface area contributed by atoms with Crippen LogP contribution in [0.4, 0.5) is 0 Å². The molecule has 2 heterocycles. The van der Waals surface area contributed by atoms with Crippen molar-refractivity contribution in [1.29, 1.82) is 0 Å². The number of rotatable bonds is 6. The molecule has 2 fully saturated rings. The number of likely N-dealkylation sites (tertiary alicyclic amines) is 1. The molecule has 0 spiro atoms. The zero-order valence-corrected chi connectivity index (χ0v) is 18.2. The number of methoxy groups -OCH3 is 1. The Hall–Kier alpha value is -1.14. The quantitative estimate of drug-likeness (QED) is 0.725. The highest BCUT2D eigenvalue weighted by Crippen LogP contribution is 2.22. The highest BCUT2D eigenvalue weighted by molar-refractivity contribution is 6.30. The molecule has 0 radical (unpaired) electrons. The van der Waals surface area contributed by atoms with Gasteiger partial charge in [-0.2, -0.15) is 0 Å². The molecule has 1 aromatic carbocycles. The van der Waals surface area contributed by atoms with E-state index in [1.165, 1.54) is 6.42 Å². The maximum absolute atomic E-state index is 12.7. The Morgan fingerprint density at radius 1 is 1.07 bits per heavy atom. The summed E-state index contributed by atoms with van der Waals surface area (Å²) in [7, 11) is 1.76. The summed E-state index contributed by atoms with van der Waals surface area (Å²) in [6.07, 6.45) is 1.28. The fourth-order valence-electron chi connectivity index (χ4n) is 4.52. The number of nitrogens with zero attached hydrogens (tertiary/aromatic N) is 3. The van der Waals surface area contributed by atoms with Crippen molar-refractivity contribution in [2.45, 2.75) is 26.4 Å². The number of benzene rings is 1. The first-order valence-electron chi connectivity index (χ1n) is 10.5. The van der Waals surface area contributed by atoms with Crippen LogP contribution < -0.4 is 0 Å². The average molecular weight is 408 g/mol. The van der Waals surface area contributed by atoms with Crippen molar-refractivity contribution in [2.24, 2.45) is 11.8 Å². The van der Waals surface area contributed by atoms with Gasteiger partial charge in [0.15, 0.2) is 0 Å². The van der Waals surface area contributed by atoms with Gasteiger partial charge in [0.1, 0.15) is 0 Å². The van der Waals surface area contributed by atoms with Crippen LogP contribution in [0.15, 0.2) is 24.3 Å². The van der Waals surface area contributed by atoms with Gasteiger partial charge in [-0.05, 0) is 36.0 Å². The predicted molar refractivity (Wildman–Crippen MR) is 114 cm³/mol. The first-order chi connectivity index (χ1) is 13.4. The number of piperidine rings is 1. The molecule has 0 N–H and O–H groups in total. The molecule has 1 amide bonds. The van der Waals surface area contributed by atoms with E-state index in [2.05, 4.69) is 28.5 Å². The highest BCUT2D eigenvalue weighted by Gasteiger charge is 2.28. The Bertz CT molecular complexity index is 621. The van der Waals surface area contributed by atoms with Crippen molar-refractivity contribution in [3.63, 3.8) is 0 Å². The summed E-state index contributed by atoms with van der Waals surface area (Å²) in [4.78, 5) is 19.5. The van der Waals surface area contributed by atoms with Crippen LogP contribution in [0, 0.1) is 11.8 Å². The summed E-state index contributed by atoms with van der Waals surface area (Å²) in [5, 5.41) is 0.745. The van der Waals surface area contributed by atoms with Crippen molar-refractivity contribution in [2.75, 3.05) is 59.5 Å². The van der Waals surface area contributed by atoms with Crippen LogP contribution >= 0.6 is 11.6 Å². The lowest BCUT2D eigenvalue weighted by Crippen LogP contribution is -2.52. The van der Waals surface area contributed by atoms with Gasteiger partial charge < -0.3 is 9.64 Å². The number of hydrogen-bond donors (Lipinski definition) is 0. The normalized spacial score (nSPS) is 25.6. The van der Waals surface area contributed by atoms with Gasteiger partial charge in [0.05, 0.1) is 12.6 Å². The summed E-state index contributed by atoms with van der Waals surface area (Å²) in [5.74, 6) is 1.52. The van der Waals surface area contributed by atoms with Crippen LogP contribution in [0.5, 0.6) is 0 Å². The van der Waals surface area contributed by atoms with E-state index in [0.29, 0.717) is 24.3 Å². The van der Waals surface area contributed by atoms with Gasteiger partial charge in [-0.3, -0.25) is 14.6 Å². The zero-order chi connectivity index (χ0) is 20.1. The van der Waals surface area contributed by atoms with Crippen molar-refractivity contribution >= 4 is 17.5 Å². The van der Waals surface area contributed by atoms with Gasteiger partial charge in [-0.1, -0.05) is 37.6 Å². The molecular weight excluding hydrogens is 374 g/mol. The molecule has 6 heteroatoms. The molecule has 28 heavy (non-hydrogen) atoms. The number of carbonyl (C=O) groups excluding carboxylic acids is 1. The van der Waals surface area contributed by atoms with E-state index in [1.54, 1.807) is 7.11 Å². The van der Waals surface area contributed by atoms with Crippen LogP contribution in [0.2, 0.25) is 5.02 Å². The van der Waals surface area contributed by atoms with E-state index in [4.69, 9.17) is 16.3 Å². The van der Waals surface area contributed by atoms with E-state index < -0.39 is 0 Å². The van der Waals surface area contributed by atoms with Crippen molar-refractivity contribution < 1.29 is 9.53 Å². The second-order valence-electron chi connectivity index (χ2n) is 8.60. The molecule has 3 rings (SSSR count). The standard InChI is InChI=1S/C22H34ClN3O2/c1-17-12-18(2)14-26(13-17)22(27)16-25-10-8-24(9-11-25)15-21(28-3)19-4-6-20(23)7-5-19/h4-7,17-18,21H,8-16H2,1-3H3/t17-,18-,21+/m0/s1. The second kappa shape index (κ2) is 10.1. The van der Waals surface area contributed by atoms with Crippen molar-refractivity contribution in [3.05, 3.63) is 34.9 Å². The summed E-state index contributed by atoms with van der Waals surface area (Å²) in [5.41, 5.74) is 1.15. The van der Waals surface area contributed by atoms with Crippen molar-refractivity contribution in [1.82, 2.24) is 14.7 Å². The monoisotopic (exact) mass is 407 g/mol. The third kappa shape index (κ3) is 5.93. The SMILES string of the molecule is CO[C@H](CN1CCN(CC(=O)N2C[C@@H](C)C[C@H](C)C2)CC1)c1ccc(Cl)cc1. The number of carbonyl (C=O) groups is 1. The Morgan fingerprint density at radius 2 is 1.64 bits per heavy atom. The van der Waals surface area contributed by atoms with E-state index in [-0.39, 0.29) is 6.10 Å². The smallest absolute Gasteiger partial charge is 0.236 e. The van der Waals surface area contributed by atoms with Crippen LogP contribution in [0.1, 0.15) is 31.9 Å². The number of piperazine rings is 1. The minimum Gasteiger partial charge on any atom is -0.375 e. The van der Waals surface area contributed by atoms with Gasteiger partial charge in [-0.25, -0.2) is 0 Å². The molecule has 2 aliphatic rings. The van der Waals surface area contributed by atoms with Gasteiger partial charge in [0.25, 0.3) is 0 Å². The number of hydrogen-bond acceptors (Lipinski definition) is 4. The molecule has 2 aliphatic heterocycles. The van der Waals surface area contributed by atoms with Gasteiger partial charge in [0.2, 0.25) is 5.91 Å². The summed E-state index contributed by atoms with van der Waals surface area (Å²) in [6.45, 7) is 11.5. The van der Waals surface area contributed by atoms with E-state index >= 15 is 0 Å². The molecule has 5 nitrogen and oxygen atoms in total. The summed E-state index contributed by atoms with van der Waals surface area (Å²) >= 11 is 5.99. The van der Waals surface area contributed by atoms with E-state index in [0.717, 1.165) is 56.4 Å². The lowest BCUT2D eigenvalue weighted by atomic mass is 9.92. The Morgan fingerprint density at radius 3 is 2.21 bits per heavy atom. The molecule has 2 saturated heterocycles. The first kappa shape index (κ1) is 21.6. The molecule has 0 saturated carbocycles. The number of halogens is 1. The highest BCUT2D eigenvalue weighted by atomic mass is 35.5. The molecule has 0 bridgehead atoms. The fourth-order valence-corrected chi connectivity index (χ4v) is 4.64. The van der Waals surface area contributed by atoms with Crippen LogP contribution in [-0.4, -0.2) is 80.1 Å². The van der Waals surface area contributed by atoms with E-state index in [1.807, 2.05) is 24.3 Å². The van der Waals surface area contributed by atoms with Gasteiger partial charge in [-0.15, -0.1) is 0 Å². The molecule has 0 unspecified atom stereocenters. The van der Waals surface area contributed by atoms with Crippen LogP contribution in [-0.2, 0) is 9.53 Å². The molecule has 3 atom stereocenters. The first-order valence-corrected chi connectivity index (χ1v) is 10.8. The Balaban J connectivity index is 1.45. The lowest BCUT2D eigenvalue weighted by Gasteiger charge is -2.39. The van der Waals surface area contributed by atoms with Crippen LogP contribution in [0.25, 0.3) is 0 Å². The molecular formula is C22H34ClN3O2. The average Bonchev–Trinajstić information content (AvgIpc) is 2.67. The van der Waals surface area contributed by atoms with Gasteiger partial charge >= 0.3 is 0 Å². The van der Waals surface area contributed by atoms with Crippen LogP contribution in [0.3, 0.4) is 0 Å². The maximum Gasteiger partial charge on any atom is 0.236 e. The Labute approximate surface area is 174 Å². The summed E-state index contributed by atoms with van der Waals surface area (Å²) < 4.78 is 5.71. The largest absolute Gasteiger partial charge is 0.375 e. The minimum atomic E-state index is 0.0433. The second-order valence-corrected chi connectivity index (χ2v) is 9.03. The van der Waals surface area contributed by atoms with E-state index in [9.17, 15) is 4.79 Å². The van der Waals surface area contributed by atoms with Gasteiger partial charge in [0, 0.05) is 57.9 Å². The predicted octanol–water partition coefficient (Wildman–Crippen LogP) is 3.15. The summed E-state index contributed by atoms with van der Waals surface area (Å²) in [6, 6.07) is 7.89. The fraction of sp³-hybridized carbons (Fsp3) is 0.682. The minimum absolute atomic E-state index is 0.0433. The number of amides is 1. The topological polar surface area (TPSA) is 36.0 Å². The molecule has 0 aromatic heterocycles. The molecule has 0 aliphatic carbocycles. The Kier molecular flexibility index (Phi) is 7.75. The maximum atomic E-state index is 12.7. The number of ether oxygens (including phenoxy) is 1. The molecule has 156 valence electrons. The van der Waals surface area contributed by atoms with Crippen molar-refractivity contribution in [3.8, 4) is 0 Å². The zero-order valence-electron chi connectivity index (χ0n) is 17.4. The third-order valence-electron chi connectivity index (χ3n) is 6.00. The molecule has 1 aromatic rings. The lowest BCUT2D eigenvalue weighted by molar-refractivity contribution is -0.135. The third-order valence-corrected chi connectivity index (χ3v) is 6.25.